The van der Waals surface area contributed by atoms with Crippen LogP contribution >= 0.6 is 0 Å². The molecule has 0 aliphatic heterocycles. The molecular weight excluding hydrogens is 998 g/mol. The largest absolute Gasteiger partial charge is 0.507 e. The van der Waals surface area contributed by atoms with Gasteiger partial charge >= 0.3 is 0 Å². The van der Waals surface area contributed by atoms with E-state index in [1.165, 1.54) is 11.1 Å². The van der Waals surface area contributed by atoms with Crippen molar-refractivity contribution < 1.29 is 26.2 Å². The van der Waals surface area contributed by atoms with Crippen LogP contribution in [-0.2, 0) is 31.9 Å². The van der Waals surface area contributed by atoms with Gasteiger partial charge in [0.05, 0.1) is 22.3 Å². The quantitative estimate of drug-likeness (QED) is 0.147. The van der Waals surface area contributed by atoms with Crippen LogP contribution in [0.5, 0.6) is 5.75 Å². The van der Waals surface area contributed by atoms with Crippen molar-refractivity contribution in [1.82, 2.24) is 14.5 Å². The molecule has 0 radical (unpaired) electrons. The number of hydrogen-bond donors (Lipinski definition) is 1. The molecule has 67 heavy (non-hydrogen) atoms. The Morgan fingerprint density at radius 3 is 1.79 bits per heavy atom. The monoisotopic (exact) mass is 1060 g/mol. The van der Waals surface area contributed by atoms with Gasteiger partial charge in [-0.05, 0) is 97.5 Å². The average Bonchev–Trinajstić information content (AvgIpc) is 3.70. The van der Waals surface area contributed by atoms with Gasteiger partial charge in [0.2, 0.25) is 0 Å². The van der Waals surface area contributed by atoms with Crippen LogP contribution in [0.1, 0.15) is 103 Å². The molecule has 9 rings (SSSR count). The third kappa shape index (κ3) is 9.47. The molecule has 0 atom stereocenters. The number of rotatable bonds is 9. The molecule has 1 N–H and O–H groups in total. The zero-order valence-corrected chi connectivity index (χ0v) is 42.6. The van der Waals surface area contributed by atoms with Gasteiger partial charge in [0.1, 0.15) is 11.6 Å². The molecule has 4 nitrogen and oxygen atoms in total. The minimum Gasteiger partial charge on any atom is -0.507 e. The molecule has 0 spiro atoms. The molecule has 0 fully saturated rings. The number of fused-ring (bicyclic) bond motifs is 1. The van der Waals surface area contributed by atoms with E-state index in [4.69, 9.17) is 9.97 Å². The number of phenolic OH excluding ortho intramolecular Hbond substituents is 1. The van der Waals surface area contributed by atoms with Gasteiger partial charge in [0.25, 0.3) is 0 Å². The number of aromatic hydroxyl groups is 1. The molecule has 0 aliphatic rings. The van der Waals surface area contributed by atoms with Crippen LogP contribution in [-0.4, -0.2) is 19.6 Å². The molecular formula is C62H60N3OPt-. The second kappa shape index (κ2) is 18.7. The average molecular weight is 1060 g/mol. The molecule has 0 bridgehead atoms. The summed E-state index contributed by atoms with van der Waals surface area (Å²) in [5, 5.41) is 12.4. The third-order valence-corrected chi connectivity index (χ3v) is 13.0. The summed E-state index contributed by atoms with van der Waals surface area (Å²) in [6.45, 7) is 22.2. The molecule has 5 heteroatoms. The molecule has 0 amide bonds. The second-order valence-corrected chi connectivity index (χ2v) is 20.4. The molecule has 2 aromatic heterocycles. The smallest absolute Gasteiger partial charge is 0.148 e. The Morgan fingerprint density at radius 1 is 0.522 bits per heavy atom. The Morgan fingerprint density at radius 2 is 1.15 bits per heavy atom. The van der Waals surface area contributed by atoms with Crippen molar-refractivity contribution in [3.8, 4) is 78.6 Å². The first-order valence-electron chi connectivity index (χ1n) is 23.3. The SMILES string of the molecule is CC(C)c1cc(-c2nc3c(-c4[c-]c(-c5cc(-c6ccc(C(C)(C)C)cc6)ccn5)cc(-c5ccccc5)c4)cccc3n2-c2ccc(C(C)(C)C)cc2-c2ccccc2)c(O)c(C(C)C)c1.[Pt]. The number of benzene rings is 7. The number of imidazole rings is 1. The Balaban J connectivity index is 0.00000608. The van der Waals surface area contributed by atoms with Crippen molar-refractivity contribution in [2.75, 3.05) is 0 Å². The van der Waals surface area contributed by atoms with Crippen LogP contribution in [0.4, 0.5) is 0 Å². The molecule has 0 saturated carbocycles. The van der Waals surface area contributed by atoms with Crippen LogP contribution in [0, 0.1) is 6.07 Å². The van der Waals surface area contributed by atoms with Crippen molar-refractivity contribution in [3.63, 3.8) is 0 Å². The number of aromatic nitrogens is 3. The van der Waals surface area contributed by atoms with E-state index in [-0.39, 0.29) is 49.5 Å². The molecule has 0 saturated heterocycles. The second-order valence-electron chi connectivity index (χ2n) is 20.4. The predicted molar refractivity (Wildman–Crippen MR) is 278 cm³/mol. The van der Waals surface area contributed by atoms with Crippen LogP contribution < -0.4 is 0 Å². The Bertz CT molecular complexity index is 3200. The summed E-state index contributed by atoms with van der Waals surface area (Å²) in [6.07, 6.45) is 1.90. The number of pyridine rings is 1. The molecule has 340 valence electrons. The van der Waals surface area contributed by atoms with E-state index < -0.39 is 0 Å². The zero-order chi connectivity index (χ0) is 46.5. The van der Waals surface area contributed by atoms with Crippen LogP contribution in [0.25, 0.3) is 83.9 Å². The minimum absolute atomic E-state index is 0. The summed E-state index contributed by atoms with van der Waals surface area (Å²) in [7, 11) is 0. The summed E-state index contributed by atoms with van der Waals surface area (Å²) >= 11 is 0. The van der Waals surface area contributed by atoms with Crippen molar-refractivity contribution in [1.29, 1.82) is 0 Å². The van der Waals surface area contributed by atoms with Gasteiger partial charge in [0.15, 0.2) is 0 Å². The third-order valence-electron chi connectivity index (χ3n) is 13.0. The van der Waals surface area contributed by atoms with Crippen molar-refractivity contribution in [2.24, 2.45) is 0 Å². The van der Waals surface area contributed by atoms with Gasteiger partial charge in [-0.3, -0.25) is 9.55 Å². The van der Waals surface area contributed by atoms with Gasteiger partial charge in [-0.1, -0.05) is 201 Å². The normalized spacial score (nSPS) is 11.9. The molecule has 9 aromatic rings. The van der Waals surface area contributed by atoms with E-state index in [1.54, 1.807) is 0 Å². The maximum absolute atomic E-state index is 12.4. The van der Waals surface area contributed by atoms with Crippen molar-refractivity contribution in [3.05, 3.63) is 192 Å². The Hall–Kier alpha value is -6.35. The fourth-order valence-corrected chi connectivity index (χ4v) is 8.98. The van der Waals surface area contributed by atoms with Gasteiger partial charge in [-0.25, -0.2) is 4.98 Å². The van der Waals surface area contributed by atoms with Crippen LogP contribution in [0.15, 0.2) is 164 Å². The molecule has 2 heterocycles. The van der Waals surface area contributed by atoms with E-state index in [0.29, 0.717) is 11.4 Å². The number of para-hydroxylation sites is 1. The van der Waals surface area contributed by atoms with E-state index in [1.807, 2.05) is 6.20 Å². The first-order valence-corrected chi connectivity index (χ1v) is 23.3. The topological polar surface area (TPSA) is 50.9 Å². The standard InChI is InChI=1S/C62H60N3O.Pt/c1-39(2)45-35-52(40(3)4)59(66)54(36-45)60-64-58-51(22-17-23-57(58)65(60)56-29-28-50(62(8,9)10)38-53(56)43-20-15-12-16-21-43)47-32-46(41-18-13-11-14-19-41)33-48(34-47)55-37-44(30-31-63-55)42-24-26-49(27-25-42)61(5,6)7;/h11-33,35-40,66H,1-10H3;/q-1;. The van der Waals surface area contributed by atoms with E-state index in [0.717, 1.165) is 83.6 Å². The summed E-state index contributed by atoms with van der Waals surface area (Å²) in [6, 6.07) is 60.1. The van der Waals surface area contributed by atoms with Gasteiger partial charge in [-0.2, -0.15) is 0 Å². The first kappa shape index (κ1) is 47.2. The summed E-state index contributed by atoms with van der Waals surface area (Å²) in [5.41, 5.74) is 18.2. The minimum atomic E-state index is -0.0757. The van der Waals surface area contributed by atoms with Crippen LogP contribution in [0.2, 0.25) is 0 Å². The molecule has 7 aromatic carbocycles. The van der Waals surface area contributed by atoms with Crippen molar-refractivity contribution >= 4 is 11.0 Å². The molecule has 0 aliphatic carbocycles. The van der Waals surface area contributed by atoms with Crippen molar-refractivity contribution in [2.45, 2.75) is 91.9 Å². The van der Waals surface area contributed by atoms with Gasteiger partial charge in [-0.15, -0.1) is 23.8 Å². The number of hydrogen-bond acceptors (Lipinski definition) is 3. The maximum atomic E-state index is 12.4. The summed E-state index contributed by atoms with van der Waals surface area (Å²) < 4.78 is 2.27. The summed E-state index contributed by atoms with van der Waals surface area (Å²) in [4.78, 5) is 10.6. The van der Waals surface area contributed by atoms with Gasteiger partial charge < -0.3 is 5.11 Å². The molecule has 0 unspecified atom stereocenters. The predicted octanol–water partition coefficient (Wildman–Crippen LogP) is 16.8. The fourth-order valence-electron chi connectivity index (χ4n) is 8.98. The maximum Gasteiger partial charge on any atom is 0.148 e. The van der Waals surface area contributed by atoms with Crippen LogP contribution in [0.3, 0.4) is 0 Å². The van der Waals surface area contributed by atoms with E-state index in [9.17, 15) is 5.11 Å². The zero-order valence-electron chi connectivity index (χ0n) is 40.3. The van der Waals surface area contributed by atoms with Gasteiger partial charge in [0, 0.05) is 38.5 Å². The summed E-state index contributed by atoms with van der Waals surface area (Å²) in [5.74, 6) is 1.29. The first-order chi connectivity index (χ1) is 31.5. The number of nitrogens with zero attached hydrogens (tertiary/aromatic N) is 3. The Kier molecular flexibility index (Phi) is 13.2. The van der Waals surface area contributed by atoms with E-state index in [2.05, 4.69) is 238 Å². The van der Waals surface area contributed by atoms with E-state index >= 15 is 0 Å². The fraction of sp³-hybridized carbons (Fsp3) is 0.226. The Labute approximate surface area is 412 Å². The number of phenols is 1.